The van der Waals surface area contributed by atoms with Crippen molar-refractivity contribution in [3.63, 3.8) is 0 Å². The minimum Gasteiger partial charge on any atom is -0.497 e. The quantitative estimate of drug-likeness (QED) is 0.191. The number of carbonyl (C=O) groups is 2. The van der Waals surface area contributed by atoms with E-state index in [9.17, 15) is 18.0 Å². The number of benzene rings is 4. The zero-order valence-electron chi connectivity index (χ0n) is 28.3. The van der Waals surface area contributed by atoms with Gasteiger partial charge in [0.05, 0.1) is 17.7 Å². The van der Waals surface area contributed by atoms with E-state index in [-0.39, 0.29) is 23.8 Å². The second kappa shape index (κ2) is 14.9. The van der Waals surface area contributed by atoms with Crippen molar-refractivity contribution < 1.29 is 22.7 Å². The molecule has 1 N–H and O–H groups in total. The minimum absolute atomic E-state index is 0.0519. The Hall–Kier alpha value is -4.63. The van der Waals surface area contributed by atoms with Crippen LogP contribution in [-0.2, 0) is 32.6 Å². The lowest BCUT2D eigenvalue weighted by atomic mass is 10.0. The Morgan fingerprint density at radius 2 is 1.47 bits per heavy atom. The molecule has 0 aliphatic rings. The molecule has 0 aliphatic carbocycles. The summed E-state index contributed by atoms with van der Waals surface area (Å²) in [6.07, 6.45) is 0.229. The van der Waals surface area contributed by atoms with E-state index in [0.29, 0.717) is 11.4 Å². The highest BCUT2D eigenvalue weighted by atomic mass is 32.2. The first-order valence-corrected chi connectivity index (χ1v) is 17.1. The summed E-state index contributed by atoms with van der Waals surface area (Å²) in [6, 6.07) is 27.8. The van der Waals surface area contributed by atoms with Gasteiger partial charge < -0.3 is 15.0 Å². The molecule has 0 saturated carbocycles. The van der Waals surface area contributed by atoms with Crippen LogP contribution in [0.15, 0.2) is 102 Å². The van der Waals surface area contributed by atoms with Gasteiger partial charge in [0.2, 0.25) is 11.8 Å². The molecule has 0 radical (unpaired) electrons. The lowest BCUT2D eigenvalue weighted by molar-refractivity contribution is -0.140. The van der Waals surface area contributed by atoms with Crippen LogP contribution >= 0.6 is 0 Å². The maximum absolute atomic E-state index is 14.7. The standard InChI is InChI=1S/C38H45N3O5S/c1-27-19-21-33(22-20-27)47(44,45)41(34-18-11-13-28(2)29(34)3)26-36(42)40(25-31-16-12-17-32(23-31)46-7)35(37(43)39-38(4,5)6)24-30-14-9-8-10-15-30/h8-23,35H,24-26H2,1-7H3,(H,39,43). The van der Waals surface area contributed by atoms with Crippen LogP contribution in [0.4, 0.5) is 5.69 Å². The van der Waals surface area contributed by atoms with Crippen LogP contribution in [-0.4, -0.2) is 50.4 Å². The van der Waals surface area contributed by atoms with Crippen molar-refractivity contribution in [3.8, 4) is 5.75 Å². The highest BCUT2D eigenvalue weighted by molar-refractivity contribution is 7.92. The Balaban J connectivity index is 1.86. The normalized spacial score (nSPS) is 12.2. The fourth-order valence-electron chi connectivity index (χ4n) is 5.33. The molecule has 4 rings (SSSR count). The third-order valence-corrected chi connectivity index (χ3v) is 9.76. The average molecular weight is 656 g/mol. The van der Waals surface area contributed by atoms with Gasteiger partial charge in [-0.05, 0) is 94.1 Å². The molecule has 9 heteroatoms. The number of rotatable bonds is 12. The largest absolute Gasteiger partial charge is 0.497 e. The zero-order chi connectivity index (χ0) is 34.4. The molecule has 0 saturated heterocycles. The fraction of sp³-hybridized carbons (Fsp3) is 0.316. The van der Waals surface area contributed by atoms with E-state index in [1.807, 2.05) is 96.1 Å². The molecule has 4 aromatic carbocycles. The van der Waals surface area contributed by atoms with Crippen LogP contribution in [0, 0.1) is 20.8 Å². The third kappa shape index (κ3) is 9.01. The number of amides is 2. The molecule has 47 heavy (non-hydrogen) atoms. The summed E-state index contributed by atoms with van der Waals surface area (Å²) in [4.78, 5) is 30.4. The molecule has 0 spiro atoms. The number of anilines is 1. The molecule has 248 valence electrons. The lowest BCUT2D eigenvalue weighted by Gasteiger charge is -2.35. The molecule has 0 aromatic heterocycles. The van der Waals surface area contributed by atoms with E-state index in [0.717, 1.165) is 27.8 Å². The molecule has 0 fully saturated rings. The highest BCUT2D eigenvalue weighted by Crippen LogP contribution is 2.30. The fourth-order valence-corrected chi connectivity index (χ4v) is 6.80. The minimum atomic E-state index is -4.19. The van der Waals surface area contributed by atoms with Crippen molar-refractivity contribution in [2.75, 3.05) is 18.0 Å². The van der Waals surface area contributed by atoms with Crippen LogP contribution in [0.25, 0.3) is 0 Å². The van der Waals surface area contributed by atoms with Crippen LogP contribution in [0.5, 0.6) is 5.75 Å². The number of carbonyl (C=O) groups excluding carboxylic acids is 2. The van der Waals surface area contributed by atoms with Gasteiger partial charge in [-0.25, -0.2) is 8.42 Å². The van der Waals surface area contributed by atoms with Gasteiger partial charge in [0, 0.05) is 18.5 Å². The summed E-state index contributed by atoms with van der Waals surface area (Å²) in [5, 5.41) is 3.06. The van der Waals surface area contributed by atoms with Crippen molar-refractivity contribution in [1.82, 2.24) is 10.2 Å². The first kappa shape index (κ1) is 35.2. The number of sulfonamides is 1. The van der Waals surface area contributed by atoms with Crippen LogP contribution in [0.3, 0.4) is 0 Å². The first-order valence-electron chi connectivity index (χ1n) is 15.6. The van der Waals surface area contributed by atoms with Crippen molar-refractivity contribution in [2.24, 2.45) is 0 Å². The summed E-state index contributed by atoms with van der Waals surface area (Å²) < 4.78 is 35.3. The molecule has 1 unspecified atom stereocenters. The maximum Gasteiger partial charge on any atom is 0.264 e. The number of nitrogens with zero attached hydrogens (tertiary/aromatic N) is 2. The number of aryl methyl sites for hydroxylation is 2. The number of hydrogen-bond donors (Lipinski definition) is 1. The number of nitrogens with one attached hydrogen (secondary N) is 1. The second-order valence-corrected chi connectivity index (χ2v) is 14.7. The van der Waals surface area contributed by atoms with Crippen molar-refractivity contribution >= 4 is 27.5 Å². The van der Waals surface area contributed by atoms with Crippen molar-refractivity contribution in [2.45, 2.75) is 71.0 Å². The Morgan fingerprint density at radius 1 is 0.830 bits per heavy atom. The lowest BCUT2D eigenvalue weighted by Crippen LogP contribution is -2.56. The molecule has 8 nitrogen and oxygen atoms in total. The predicted molar refractivity (Wildman–Crippen MR) is 187 cm³/mol. The van der Waals surface area contributed by atoms with Crippen LogP contribution < -0.4 is 14.4 Å². The van der Waals surface area contributed by atoms with Gasteiger partial charge in [0.1, 0.15) is 18.3 Å². The van der Waals surface area contributed by atoms with Gasteiger partial charge in [-0.2, -0.15) is 0 Å². The van der Waals surface area contributed by atoms with Crippen LogP contribution in [0.2, 0.25) is 0 Å². The smallest absolute Gasteiger partial charge is 0.264 e. The van der Waals surface area contributed by atoms with Gasteiger partial charge >= 0.3 is 0 Å². The molecule has 4 aromatic rings. The van der Waals surface area contributed by atoms with Gasteiger partial charge in [-0.1, -0.05) is 72.3 Å². The SMILES string of the molecule is COc1cccc(CN(C(=O)CN(c2cccc(C)c2C)S(=O)(=O)c2ccc(C)cc2)C(Cc2ccccc2)C(=O)NC(C)(C)C)c1. The highest BCUT2D eigenvalue weighted by Gasteiger charge is 2.36. The van der Waals surface area contributed by atoms with Gasteiger partial charge in [-0.3, -0.25) is 13.9 Å². The Morgan fingerprint density at radius 3 is 2.11 bits per heavy atom. The van der Waals surface area contributed by atoms with Gasteiger partial charge in [0.15, 0.2) is 0 Å². The summed E-state index contributed by atoms with van der Waals surface area (Å²) in [5.41, 5.74) is 3.97. The molecule has 0 bridgehead atoms. The van der Waals surface area contributed by atoms with E-state index in [1.54, 1.807) is 49.6 Å². The summed E-state index contributed by atoms with van der Waals surface area (Å²) in [6.45, 7) is 10.8. The summed E-state index contributed by atoms with van der Waals surface area (Å²) >= 11 is 0. The molecule has 1 atom stereocenters. The number of methoxy groups -OCH3 is 1. The summed E-state index contributed by atoms with van der Waals surface area (Å²) in [7, 11) is -2.63. The number of hydrogen-bond acceptors (Lipinski definition) is 5. The van der Waals surface area contributed by atoms with Crippen molar-refractivity contribution in [3.05, 3.63) is 125 Å². The van der Waals surface area contributed by atoms with E-state index < -0.39 is 34.1 Å². The Kier molecular flexibility index (Phi) is 11.1. The van der Waals surface area contributed by atoms with Crippen molar-refractivity contribution in [1.29, 1.82) is 0 Å². The molecular formula is C38H45N3O5S. The first-order chi connectivity index (χ1) is 22.2. The van der Waals surface area contributed by atoms with Crippen LogP contribution in [0.1, 0.15) is 48.6 Å². The van der Waals surface area contributed by atoms with E-state index in [4.69, 9.17) is 4.74 Å². The van der Waals surface area contributed by atoms with Gasteiger partial charge in [-0.15, -0.1) is 0 Å². The van der Waals surface area contributed by atoms with E-state index >= 15 is 0 Å². The molecular weight excluding hydrogens is 611 g/mol. The molecule has 0 heterocycles. The van der Waals surface area contributed by atoms with Gasteiger partial charge in [0.25, 0.3) is 10.0 Å². The molecule has 2 amide bonds. The maximum atomic E-state index is 14.7. The molecule has 0 aliphatic heterocycles. The topological polar surface area (TPSA) is 96.0 Å². The predicted octanol–water partition coefficient (Wildman–Crippen LogP) is 6.37. The number of ether oxygens (including phenoxy) is 1. The monoisotopic (exact) mass is 655 g/mol. The Labute approximate surface area is 279 Å². The zero-order valence-corrected chi connectivity index (χ0v) is 29.1. The third-order valence-electron chi connectivity index (χ3n) is 7.99. The second-order valence-electron chi connectivity index (χ2n) is 12.9. The average Bonchev–Trinajstić information content (AvgIpc) is 3.03. The van der Waals surface area contributed by atoms with E-state index in [1.165, 1.54) is 9.21 Å². The summed E-state index contributed by atoms with van der Waals surface area (Å²) in [5.74, 6) is -0.251. The van der Waals surface area contributed by atoms with E-state index in [2.05, 4.69) is 5.32 Å². The Bertz CT molecular complexity index is 1800.